The summed E-state index contributed by atoms with van der Waals surface area (Å²) < 4.78 is 50.3. The normalized spacial score (nSPS) is 13.2. The molecule has 3 aromatic rings. The first kappa shape index (κ1) is 27.1. The van der Waals surface area contributed by atoms with Crippen LogP contribution in [0.25, 0.3) is 0 Å². The standard InChI is InChI=1S/C28H31F3N2O3/c1-20(32(2)3)22-11-8-12-25(19-22)36-27(34)33(4)18-17-26(21-9-6-5-7-10-21)35-24-15-13-23(14-16-24)28(29,30)31/h5-16,19-20,26H,17-18H2,1-4H3/t20-,26?/m0/s1. The Morgan fingerprint density at radius 1 is 0.861 bits per heavy atom. The van der Waals surface area contributed by atoms with Gasteiger partial charge >= 0.3 is 12.3 Å². The molecule has 3 rings (SSSR count). The number of rotatable bonds is 9. The molecule has 0 aliphatic heterocycles. The molecule has 0 saturated carbocycles. The van der Waals surface area contributed by atoms with Crippen LogP contribution in [0.4, 0.5) is 18.0 Å². The van der Waals surface area contributed by atoms with Crippen molar-refractivity contribution in [2.45, 2.75) is 31.7 Å². The van der Waals surface area contributed by atoms with Crippen LogP contribution in [-0.4, -0.2) is 43.6 Å². The second kappa shape index (κ2) is 11.9. The molecule has 5 nitrogen and oxygen atoms in total. The molecule has 3 aromatic carbocycles. The maximum atomic E-state index is 12.9. The summed E-state index contributed by atoms with van der Waals surface area (Å²) in [6.07, 6.45) is -4.98. The van der Waals surface area contributed by atoms with Gasteiger partial charge in [-0.25, -0.2) is 4.79 Å². The molecule has 0 aliphatic rings. The number of carbonyl (C=O) groups excluding carboxylic acids is 1. The predicted octanol–water partition coefficient (Wildman–Crippen LogP) is 6.97. The molecule has 8 heteroatoms. The zero-order valence-corrected chi connectivity index (χ0v) is 20.8. The van der Waals surface area contributed by atoms with Crippen molar-refractivity contribution in [3.8, 4) is 11.5 Å². The first-order valence-electron chi connectivity index (χ1n) is 11.6. The summed E-state index contributed by atoms with van der Waals surface area (Å²) in [6.45, 7) is 2.38. The van der Waals surface area contributed by atoms with E-state index in [1.807, 2.05) is 62.6 Å². The topological polar surface area (TPSA) is 42.0 Å². The maximum absolute atomic E-state index is 12.9. The van der Waals surface area contributed by atoms with Crippen molar-refractivity contribution in [2.24, 2.45) is 0 Å². The number of carbonyl (C=O) groups is 1. The zero-order chi connectivity index (χ0) is 26.3. The molecule has 1 amide bonds. The molecule has 192 valence electrons. The minimum absolute atomic E-state index is 0.162. The maximum Gasteiger partial charge on any atom is 0.416 e. The van der Waals surface area contributed by atoms with Gasteiger partial charge < -0.3 is 19.3 Å². The minimum Gasteiger partial charge on any atom is -0.486 e. The quantitative estimate of drug-likeness (QED) is 0.318. The third kappa shape index (κ3) is 7.49. The van der Waals surface area contributed by atoms with Gasteiger partial charge in [0.1, 0.15) is 17.6 Å². The highest BCUT2D eigenvalue weighted by Gasteiger charge is 2.30. The summed E-state index contributed by atoms with van der Waals surface area (Å²) in [6, 6.07) is 21.5. The Bertz CT molecular complexity index is 1120. The summed E-state index contributed by atoms with van der Waals surface area (Å²) in [5.74, 6) is 0.771. The average Bonchev–Trinajstić information content (AvgIpc) is 2.86. The Morgan fingerprint density at radius 3 is 2.11 bits per heavy atom. The van der Waals surface area contributed by atoms with Gasteiger partial charge in [0.25, 0.3) is 0 Å². The Labute approximate surface area is 210 Å². The van der Waals surface area contributed by atoms with Crippen LogP contribution in [0.2, 0.25) is 0 Å². The molecule has 0 bridgehead atoms. The molecule has 0 radical (unpaired) electrons. The first-order chi connectivity index (χ1) is 17.0. The molecule has 0 spiro atoms. The number of ether oxygens (including phenoxy) is 2. The highest BCUT2D eigenvalue weighted by atomic mass is 19.4. The lowest BCUT2D eigenvalue weighted by Crippen LogP contribution is -2.32. The van der Waals surface area contributed by atoms with Crippen LogP contribution < -0.4 is 9.47 Å². The SMILES string of the molecule is C[C@@H](c1cccc(OC(=O)N(C)CCC(Oc2ccc(C(F)(F)F)cc2)c2ccccc2)c1)N(C)C. The molecule has 36 heavy (non-hydrogen) atoms. The van der Waals surface area contributed by atoms with E-state index in [1.54, 1.807) is 13.1 Å². The van der Waals surface area contributed by atoms with E-state index in [1.165, 1.54) is 17.0 Å². The van der Waals surface area contributed by atoms with E-state index in [0.29, 0.717) is 24.5 Å². The van der Waals surface area contributed by atoms with Gasteiger partial charge in [-0.3, -0.25) is 0 Å². The molecular formula is C28H31F3N2O3. The Hall–Kier alpha value is -3.52. The summed E-state index contributed by atoms with van der Waals surface area (Å²) in [7, 11) is 5.59. The molecule has 2 atom stereocenters. The Balaban J connectivity index is 1.65. The fourth-order valence-corrected chi connectivity index (χ4v) is 3.57. The van der Waals surface area contributed by atoms with Crippen molar-refractivity contribution in [3.63, 3.8) is 0 Å². The van der Waals surface area contributed by atoms with E-state index < -0.39 is 23.9 Å². The molecule has 0 saturated heterocycles. The first-order valence-corrected chi connectivity index (χ1v) is 11.6. The molecule has 0 N–H and O–H groups in total. The molecular weight excluding hydrogens is 469 g/mol. The van der Waals surface area contributed by atoms with Crippen molar-refractivity contribution >= 4 is 6.09 Å². The van der Waals surface area contributed by atoms with Crippen LogP contribution in [-0.2, 0) is 6.18 Å². The van der Waals surface area contributed by atoms with E-state index >= 15 is 0 Å². The number of nitrogens with zero attached hydrogens (tertiary/aromatic N) is 2. The molecule has 1 unspecified atom stereocenters. The lowest BCUT2D eigenvalue weighted by atomic mass is 10.1. The third-order valence-electron chi connectivity index (χ3n) is 5.99. The molecule has 0 aliphatic carbocycles. The summed E-state index contributed by atoms with van der Waals surface area (Å²) in [5, 5.41) is 0. The van der Waals surface area contributed by atoms with E-state index in [0.717, 1.165) is 23.3 Å². The third-order valence-corrected chi connectivity index (χ3v) is 5.99. The average molecular weight is 501 g/mol. The summed E-state index contributed by atoms with van der Waals surface area (Å²) >= 11 is 0. The van der Waals surface area contributed by atoms with E-state index in [-0.39, 0.29) is 6.04 Å². The van der Waals surface area contributed by atoms with Crippen LogP contribution in [0.5, 0.6) is 11.5 Å². The van der Waals surface area contributed by atoms with Gasteiger partial charge in [0, 0.05) is 26.1 Å². The second-order valence-corrected chi connectivity index (χ2v) is 8.83. The van der Waals surface area contributed by atoms with Crippen molar-refractivity contribution < 1.29 is 27.4 Å². The number of benzene rings is 3. The van der Waals surface area contributed by atoms with Crippen LogP contribution in [0.15, 0.2) is 78.9 Å². The predicted molar refractivity (Wildman–Crippen MR) is 133 cm³/mol. The van der Waals surface area contributed by atoms with Gasteiger partial charge in [-0.05, 0) is 68.5 Å². The van der Waals surface area contributed by atoms with Crippen LogP contribution in [0.3, 0.4) is 0 Å². The van der Waals surface area contributed by atoms with Gasteiger partial charge in [-0.1, -0.05) is 42.5 Å². The van der Waals surface area contributed by atoms with Gasteiger partial charge in [0.15, 0.2) is 0 Å². The number of hydrogen-bond donors (Lipinski definition) is 0. The fraction of sp³-hybridized carbons (Fsp3) is 0.321. The van der Waals surface area contributed by atoms with E-state index in [9.17, 15) is 18.0 Å². The van der Waals surface area contributed by atoms with Crippen molar-refractivity contribution in [1.82, 2.24) is 9.80 Å². The van der Waals surface area contributed by atoms with Gasteiger partial charge in [0.2, 0.25) is 0 Å². The highest BCUT2D eigenvalue weighted by Crippen LogP contribution is 2.32. The number of halogens is 3. The van der Waals surface area contributed by atoms with Crippen LogP contribution >= 0.6 is 0 Å². The highest BCUT2D eigenvalue weighted by molar-refractivity contribution is 5.70. The van der Waals surface area contributed by atoms with Gasteiger partial charge in [0.05, 0.1) is 5.56 Å². The second-order valence-electron chi connectivity index (χ2n) is 8.83. The lowest BCUT2D eigenvalue weighted by molar-refractivity contribution is -0.137. The number of amides is 1. The van der Waals surface area contributed by atoms with Gasteiger partial charge in [-0.15, -0.1) is 0 Å². The van der Waals surface area contributed by atoms with Crippen molar-refractivity contribution in [1.29, 1.82) is 0 Å². The van der Waals surface area contributed by atoms with E-state index in [2.05, 4.69) is 11.8 Å². The molecule has 0 aromatic heterocycles. The van der Waals surface area contributed by atoms with Crippen molar-refractivity contribution in [2.75, 3.05) is 27.7 Å². The Kier molecular flexibility index (Phi) is 8.98. The molecule has 0 fully saturated rings. The van der Waals surface area contributed by atoms with Crippen LogP contribution in [0, 0.1) is 0 Å². The monoisotopic (exact) mass is 500 g/mol. The molecule has 0 heterocycles. The number of hydrogen-bond acceptors (Lipinski definition) is 4. The Morgan fingerprint density at radius 2 is 1.50 bits per heavy atom. The lowest BCUT2D eigenvalue weighted by Gasteiger charge is -2.24. The number of alkyl halides is 3. The van der Waals surface area contributed by atoms with E-state index in [4.69, 9.17) is 9.47 Å². The smallest absolute Gasteiger partial charge is 0.416 e. The fourth-order valence-electron chi connectivity index (χ4n) is 3.57. The van der Waals surface area contributed by atoms with Gasteiger partial charge in [-0.2, -0.15) is 13.2 Å². The summed E-state index contributed by atoms with van der Waals surface area (Å²) in [4.78, 5) is 16.2. The van der Waals surface area contributed by atoms with Crippen LogP contribution in [0.1, 0.15) is 42.2 Å². The largest absolute Gasteiger partial charge is 0.486 e. The van der Waals surface area contributed by atoms with Crippen molar-refractivity contribution in [3.05, 3.63) is 95.6 Å². The minimum atomic E-state index is -4.41. The summed E-state index contributed by atoms with van der Waals surface area (Å²) in [5.41, 5.74) is 1.14. The zero-order valence-electron chi connectivity index (χ0n) is 20.8.